The van der Waals surface area contributed by atoms with Crippen LogP contribution >= 0.6 is 24.0 Å². The molecule has 1 aromatic rings. The molecular weight excluding hydrogens is 410 g/mol. The Morgan fingerprint density at radius 1 is 0.966 bits per heavy atom. The Balaban J connectivity index is 2.24. The van der Waals surface area contributed by atoms with Crippen molar-refractivity contribution in [2.75, 3.05) is 26.2 Å². The molecule has 6 nitrogen and oxygen atoms in total. The first-order valence-electron chi connectivity index (χ1n) is 9.32. The first-order valence-corrected chi connectivity index (χ1v) is 10.6. The molecule has 0 amide bonds. The zero-order valence-corrected chi connectivity index (χ0v) is 19.4. The number of anilines is 1. The van der Waals surface area contributed by atoms with Gasteiger partial charge in [0, 0.05) is 21.4 Å². The Kier molecular flexibility index (Phi) is 5.41. The Morgan fingerprint density at radius 2 is 1.48 bits per heavy atom. The van der Waals surface area contributed by atoms with E-state index in [4.69, 9.17) is 26.4 Å². The summed E-state index contributed by atoms with van der Waals surface area (Å²) in [5, 5.41) is -0.709. The zero-order chi connectivity index (χ0) is 21.8. The number of carbonyl (C=O) groups is 2. The van der Waals surface area contributed by atoms with Gasteiger partial charge in [-0.05, 0) is 24.3 Å². The summed E-state index contributed by atoms with van der Waals surface area (Å²) in [5.41, 5.74) is -0.225. The van der Waals surface area contributed by atoms with Gasteiger partial charge < -0.3 is 19.1 Å². The predicted octanol–water partition coefficient (Wildman–Crippen LogP) is 3.46. The normalized spacial score (nSPS) is 26.0. The van der Waals surface area contributed by atoms with Gasteiger partial charge in [-0.15, -0.1) is 11.8 Å². The van der Waals surface area contributed by atoms with Crippen LogP contribution in [0.4, 0.5) is 5.69 Å². The first kappa shape index (κ1) is 21.9. The molecular formula is C21H27NO5S2. The number of hydrogen-bond donors (Lipinski definition) is 0. The van der Waals surface area contributed by atoms with Crippen molar-refractivity contribution in [2.45, 2.75) is 43.9 Å². The second-order valence-electron chi connectivity index (χ2n) is 8.34. The lowest BCUT2D eigenvalue weighted by atomic mass is 9.44. The third kappa shape index (κ3) is 2.71. The van der Waals surface area contributed by atoms with E-state index in [9.17, 15) is 9.59 Å². The maximum atomic E-state index is 13.2. The number of thioether (sulfide) groups is 1. The lowest BCUT2D eigenvalue weighted by Gasteiger charge is -2.67. The Hall–Kier alpha value is -1.80. The zero-order valence-electron chi connectivity index (χ0n) is 17.8. The van der Waals surface area contributed by atoms with E-state index in [1.165, 1.54) is 26.0 Å². The summed E-state index contributed by atoms with van der Waals surface area (Å²) < 4.78 is 14.9. The number of benzene rings is 1. The van der Waals surface area contributed by atoms with Crippen LogP contribution in [0.1, 0.15) is 27.7 Å². The second kappa shape index (κ2) is 7.16. The van der Waals surface area contributed by atoms with E-state index in [1.54, 1.807) is 19.2 Å². The van der Waals surface area contributed by atoms with Gasteiger partial charge in [-0.3, -0.25) is 0 Å². The molecule has 158 valence electrons. The van der Waals surface area contributed by atoms with Gasteiger partial charge in [-0.2, -0.15) is 0 Å². The van der Waals surface area contributed by atoms with Crippen LogP contribution in [0.2, 0.25) is 0 Å². The van der Waals surface area contributed by atoms with E-state index in [0.717, 1.165) is 4.86 Å². The summed E-state index contributed by atoms with van der Waals surface area (Å²) >= 11 is 7.19. The monoisotopic (exact) mass is 437 g/mol. The van der Waals surface area contributed by atoms with Gasteiger partial charge >= 0.3 is 11.9 Å². The molecule has 8 heteroatoms. The van der Waals surface area contributed by atoms with Gasteiger partial charge in [0.05, 0.1) is 26.1 Å². The van der Waals surface area contributed by atoms with E-state index in [-0.39, 0.29) is 0 Å². The highest BCUT2D eigenvalue weighted by molar-refractivity contribution is 8.03. The number of esters is 2. The summed E-state index contributed by atoms with van der Waals surface area (Å²) in [6.07, 6.45) is 0. The smallest absolute Gasteiger partial charge is 0.339 e. The summed E-state index contributed by atoms with van der Waals surface area (Å²) in [5.74, 6) is -0.130. The van der Waals surface area contributed by atoms with Crippen molar-refractivity contribution in [1.82, 2.24) is 0 Å². The van der Waals surface area contributed by atoms with Crippen LogP contribution in [0.25, 0.3) is 0 Å². The van der Waals surface area contributed by atoms with E-state index in [0.29, 0.717) is 11.4 Å². The highest BCUT2D eigenvalue weighted by Gasteiger charge is 2.79. The number of hydrogen-bond acceptors (Lipinski definition) is 8. The molecule has 0 unspecified atom stereocenters. The van der Waals surface area contributed by atoms with Crippen molar-refractivity contribution >= 4 is 46.5 Å². The standard InChI is InChI=1S/C21H27NO5S2/c1-19(2)18(28)20(3,4)21(19)14(16(23)26-6)22(15(29-21)17(24)27-7)12-8-10-13(25-5)11-9-12/h8-11,14-15H,1-7H3/t14-,15-/m0/s1. The molecule has 1 saturated heterocycles. The van der Waals surface area contributed by atoms with Gasteiger partial charge in [0.1, 0.15) is 11.8 Å². The highest BCUT2D eigenvalue weighted by atomic mass is 32.2. The summed E-state index contributed by atoms with van der Waals surface area (Å²) in [7, 11) is 4.31. The van der Waals surface area contributed by atoms with Crippen molar-refractivity contribution in [1.29, 1.82) is 0 Å². The molecule has 2 atom stereocenters. The van der Waals surface area contributed by atoms with Crippen LogP contribution in [0, 0.1) is 10.8 Å². The highest BCUT2D eigenvalue weighted by Crippen LogP contribution is 2.72. The minimum atomic E-state index is -0.716. The molecule has 1 spiro atoms. The van der Waals surface area contributed by atoms with Crippen LogP contribution in [0.3, 0.4) is 0 Å². The van der Waals surface area contributed by atoms with Crippen molar-refractivity contribution in [2.24, 2.45) is 10.8 Å². The molecule has 1 aliphatic heterocycles. The summed E-state index contributed by atoms with van der Waals surface area (Å²) in [6, 6.07) is 6.56. The fourth-order valence-corrected chi connectivity index (χ4v) is 7.62. The van der Waals surface area contributed by atoms with Crippen molar-refractivity contribution in [3.63, 3.8) is 0 Å². The van der Waals surface area contributed by atoms with Crippen LogP contribution in [-0.2, 0) is 19.1 Å². The molecule has 0 bridgehead atoms. The van der Waals surface area contributed by atoms with E-state index >= 15 is 0 Å². The third-order valence-electron chi connectivity index (χ3n) is 6.40. The minimum absolute atomic E-state index is 0.400. The Morgan fingerprint density at radius 3 is 1.93 bits per heavy atom. The maximum absolute atomic E-state index is 13.2. The molecule has 0 N–H and O–H groups in total. The predicted molar refractivity (Wildman–Crippen MR) is 118 cm³/mol. The van der Waals surface area contributed by atoms with Gasteiger partial charge in [0.15, 0.2) is 5.37 Å². The minimum Gasteiger partial charge on any atom is -0.497 e. The van der Waals surface area contributed by atoms with Crippen LogP contribution in [0.15, 0.2) is 24.3 Å². The fourth-order valence-electron chi connectivity index (χ4n) is 5.14. The van der Waals surface area contributed by atoms with Gasteiger partial charge in [-0.25, -0.2) is 9.59 Å². The van der Waals surface area contributed by atoms with Crippen molar-refractivity contribution in [3.8, 4) is 5.75 Å². The van der Waals surface area contributed by atoms with Crippen molar-refractivity contribution < 1.29 is 23.8 Å². The number of thiocarbonyl (C=S) groups is 1. The average molecular weight is 438 g/mol. The quantitative estimate of drug-likeness (QED) is 0.524. The van der Waals surface area contributed by atoms with Gasteiger partial charge in [0.2, 0.25) is 0 Å². The SMILES string of the molecule is COC(=O)[C@@H]1N(c2ccc(OC)cc2)[C@H](C(=O)OC)SC12C(C)(C)C(=S)C2(C)C. The van der Waals surface area contributed by atoms with E-state index < -0.39 is 38.9 Å². The van der Waals surface area contributed by atoms with E-state index in [1.807, 2.05) is 44.7 Å². The number of rotatable bonds is 4. The fraction of sp³-hybridized carbons (Fsp3) is 0.571. The largest absolute Gasteiger partial charge is 0.497 e. The van der Waals surface area contributed by atoms with E-state index in [2.05, 4.69) is 0 Å². The van der Waals surface area contributed by atoms with Crippen LogP contribution in [0.5, 0.6) is 5.75 Å². The molecule has 2 aliphatic rings. The van der Waals surface area contributed by atoms with Crippen molar-refractivity contribution in [3.05, 3.63) is 24.3 Å². The average Bonchev–Trinajstić information content (AvgIpc) is 3.11. The van der Waals surface area contributed by atoms with Crippen LogP contribution < -0.4 is 9.64 Å². The summed E-state index contributed by atoms with van der Waals surface area (Å²) in [6.45, 7) is 8.15. The third-order valence-corrected chi connectivity index (χ3v) is 9.68. The molecule has 0 radical (unpaired) electrons. The summed E-state index contributed by atoms with van der Waals surface area (Å²) in [4.78, 5) is 28.7. The van der Waals surface area contributed by atoms with Gasteiger partial charge in [0.25, 0.3) is 0 Å². The van der Waals surface area contributed by atoms with Crippen LogP contribution in [-0.4, -0.2) is 54.3 Å². The Labute approximate surface area is 181 Å². The molecule has 1 aliphatic carbocycles. The number of ether oxygens (including phenoxy) is 3. The lowest BCUT2D eigenvalue weighted by molar-refractivity contribution is -0.145. The Bertz CT molecular complexity index is 831. The number of methoxy groups -OCH3 is 3. The molecule has 0 aromatic heterocycles. The number of carbonyl (C=O) groups excluding carboxylic acids is 2. The number of nitrogens with zero attached hydrogens (tertiary/aromatic N) is 1. The maximum Gasteiger partial charge on any atom is 0.339 e. The second-order valence-corrected chi connectivity index (χ2v) is 10.1. The lowest BCUT2D eigenvalue weighted by Crippen LogP contribution is -2.77. The molecule has 2 fully saturated rings. The molecule has 1 aromatic carbocycles. The molecule has 1 saturated carbocycles. The molecule has 3 rings (SSSR count). The molecule has 29 heavy (non-hydrogen) atoms. The van der Waals surface area contributed by atoms with Gasteiger partial charge in [-0.1, -0.05) is 39.9 Å². The first-order chi connectivity index (χ1) is 13.5. The molecule has 1 heterocycles. The topological polar surface area (TPSA) is 65.1 Å².